The van der Waals surface area contributed by atoms with Gasteiger partial charge in [0, 0.05) is 0 Å². The van der Waals surface area contributed by atoms with E-state index in [4.69, 9.17) is 16.1 Å². The van der Waals surface area contributed by atoms with E-state index in [0.29, 0.717) is 27.2 Å². The molecule has 142 valence electrons. The van der Waals surface area contributed by atoms with Crippen molar-refractivity contribution < 1.29 is 27.2 Å². The van der Waals surface area contributed by atoms with E-state index < -0.39 is 12.3 Å². The number of hydrogen-bond donors (Lipinski definition) is 1. The molecule has 1 N–H and O–H groups in total. The average Bonchev–Trinajstić information content (AvgIpc) is 2.95. The van der Waals surface area contributed by atoms with Crippen molar-refractivity contribution in [1.82, 2.24) is 10.1 Å². The van der Waals surface area contributed by atoms with E-state index >= 15 is 0 Å². The quantitative estimate of drug-likeness (QED) is 0.695. The van der Waals surface area contributed by atoms with Gasteiger partial charge >= 0.3 is 6.36 Å². The third-order valence-corrected chi connectivity index (χ3v) is 4.30. The molecular formula is C17H13ClF3N3O3. The average molecular weight is 400 g/mol. The number of carbonyl (C=O) groups is 1. The number of nitrogens with one attached hydrogen (secondary N) is 1. The van der Waals surface area contributed by atoms with Crippen LogP contribution in [0.5, 0.6) is 5.75 Å². The highest BCUT2D eigenvalue weighted by atomic mass is 35.5. The fourth-order valence-electron chi connectivity index (χ4n) is 2.53. The number of fused-ring (bicyclic) bond motifs is 1. The van der Waals surface area contributed by atoms with Crippen molar-refractivity contribution in [2.45, 2.75) is 26.6 Å². The maximum absolute atomic E-state index is 12.2. The lowest BCUT2D eigenvalue weighted by Crippen LogP contribution is -2.17. The lowest BCUT2D eigenvalue weighted by molar-refractivity contribution is -0.274. The highest BCUT2D eigenvalue weighted by Gasteiger charge is 2.31. The Morgan fingerprint density at radius 3 is 2.56 bits per heavy atom. The van der Waals surface area contributed by atoms with Gasteiger partial charge < -0.3 is 14.6 Å². The van der Waals surface area contributed by atoms with Crippen LogP contribution in [0.1, 0.15) is 16.8 Å². The molecule has 0 aliphatic heterocycles. The van der Waals surface area contributed by atoms with Crippen LogP contribution in [0.25, 0.3) is 11.1 Å². The van der Waals surface area contributed by atoms with Crippen LogP contribution in [0.15, 0.2) is 28.8 Å². The monoisotopic (exact) mass is 399 g/mol. The second-order valence-corrected chi connectivity index (χ2v) is 6.14. The molecule has 10 heteroatoms. The summed E-state index contributed by atoms with van der Waals surface area (Å²) < 4.78 is 45.4. The minimum Gasteiger partial charge on any atom is -0.406 e. The molecule has 0 radical (unpaired) electrons. The molecule has 0 bridgehead atoms. The number of nitrogens with zero attached hydrogens (tertiary/aromatic N) is 2. The van der Waals surface area contributed by atoms with Crippen LogP contribution < -0.4 is 10.1 Å². The lowest BCUT2D eigenvalue weighted by Gasteiger charge is -2.09. The van der Waals surface area contributed by atoms with E-state index in [9.17, 15) is 18.0 Å². The summed E-state index contributed by atoms with van der Waals surface area (Å²) in [5.74, 6) is -0.606. The van der Waals surface area contributed by atoms with Crippen LogP contribution in [0.3, 0.4) is 0 Å². The number of aryl methyl sites for hydroxylation is 2. The van der Waals surface area contributed by atoms with Gasteiger partial charge in [-0.3, -0.25) is 4.79 Å². The van der Waals surface area contributed by atoms with Gasteiger partial charge in [-0.15, -0.1) is 13.2 Å². The number of halogens is 4. The number of anilines is 1. The van der Waals surface area contributed by atoms with Gasteiger partial charge in [-0.25, -0.2) is 4.98 Å². The van der Waals surface area contributed by atoms with Crippen molar-refractivity contribution in [3.63, 3.8) is 0 Å². The molecule has 0 aliphatic carbocycles. The Morgan fingerprint density at radius 1 is 1.26 bits per heavy atom. The van der Waals surface area contributed by atoms with Crippen molar-refractivity contribution in [1.29, 1.82) is 0 Å². The molecule has 0 atom stereocenters. The second-order valence-electron chi connectivity index (χ2n) is 5.76. The zero-order valence-electron chi connectivity index (χ0n) is 14.1. The Hall–Kier alpha value is -2.81. The summed E-state index contributed by atoms with van der Waals surface area (Å²) >= 11 is 6.18. The Morgan fingerprint density at radius 2 is 1.93 bits per heavy atom. The number of aromatic nitrogens is 2. The molecule has 3 aromatic rings. The summed E-state index contributed by atoms with van der Waals surface area (Å²) in [7, 11) is 0. The Balaban J connectivity index is 1.73. The minimum absolute atomic E-state index is 0.0767. The van der Waals surface area contributed by atoms with Crippen molar-refractivity contribution >= 4 is 34.4 Å². The molecule has 0 fully saturated rings. The van der Waals surface area contributed by atoms with Gasteiger partial charge in [-0.2, -0.15) is 0 Å². The molecule has 0 saturated heterocycles. The summed E-state index contributed by atoms with van der Waals surface area (Å²) in [6, 6.07) is 5.01. The minimum atomic E-state index is -4.77. The molecule has 2 aromatic heterocycles. The molecule has 1 amide bonds. The molecular weight excluding hydrogens is 387 g/mol. The molecule has 2 heterocycles. The largest absolute Gasteiger partial charge is 0.573 e. The zero-order chi connectivity index (χ0) is 19.8. The topological polar surface area (TPSA) is 77.3 Å². The van der Waals surface area contributed by atoms with Crippen LogP contribution >= 0.6 is 11.6 Å². The van der Waals surface area contributed by atoms with Crippen molar-refractivity contribution in [3.8, 4) is 5.75 Å². The van der Waals surface area contributed by atoms with Crippen molar-refractivity contribution in [3.05, 3.63) is 46.1 Å². The normalized spacial score (nSPS) is 11.6. The van der Waals surface area contributed by atoms with Crippen LogP contribution in [0.4, 0.5) is 19.0 Å². The number of pyridine rings is 1. The van der Waals surface area contributed by atoms with Gasteiger partial charge in [0.2, 0.25) is 5.91 Å². The Labute approximate surface area is 156 Å². The van der Waals surface area contributed by atoms with E-state index in [-0.39, 0.29) is 23.7 Å². The van der Waals surface area contributed by atoms with E-state index in [1.165, 1.54) is 12.1 Å². The number of alkyl halides is 3. The van der Waals surface area contributed by atoms with Crippen LogP contribution in [0, 0.1) is 13.8 Å². The molecule has 0 saturated carbocycles. The van der Waals surface area contributed by atoms with Crippen molar-refractivity contribution in [2.24, 2.45) is 0 Å². The Kier molecular flexibility index (Phi) is 4.97. The van der Waals surface area contributed by atoms with Gasteiger partial charge in [0.1, 0.15) is 5.75 Å². The van der Waals surface area contributed by atoms with E-state index in [1.54, 1.807) is 13.8 Å². The molecule has 0 spiro atoms. The van der Waals surface area contributed by atoms with Gasteiger partial charge in [-0.1, -0.05) is 28.9 Å². The smallest absolute Gasteiger partial charge is 0.406 e. The predicted octanol–water partition coefficient (Wildman–Crippen LogP) is 4.57. The van der Waals surface area contributed by atoms with Crippen LogP contribution in [-0.4, -0.2) is 22.4 Å². The third kappa shape index (κ3) is 4.30. The molecule has 1 aromatic carbocycles. The number of rotatable bonds is 4. The SMILES string of the molecule is Cc1nc2onc(NC(=O)Cc3ccc(OC(F)(F)F)cc3)c2c(C)c1Cl. The third-order valence-electron chi connectivity index (χ3n) is 3.74. The highest BCUT2D eigenvalue weighted by Crippen LogP contribution is 2.31. The number of benzene rings is 1. The first-order valence-electron chi connectivity index (χ1n) is 7.70. The fraction of sp³-hybridized carbons (Fsp3) is 0.235. The second kappa shape index (κ2) is 7.07. The molecule has 0 unspecified atom stereocenters. The lowest BCUT2D eigenvalue weighted by atomic mass is 10.1. The number of carbonyl (C=O) groups excluding carboxylic acids is 1. The fourth-order valence-corrected chi connectivity index (χ4v) is 2.67. The summed E-state index contributed by atoms with van der Waals surface area (Å²) in [6.07, 6.45) is -4.84. The van der Waals surface area contributed by atoms with E-state index in [2.05, 4.69) is 20.2 Å². The maximum Gasteiger partial charge on any atom is 0.573 e. The highest BCUT2D eigenvalue weighted by molar-refractivity contribution is 6.33. The summed E-state index contributed by atoms with van der Waals surface area (Å²) in [5.41, 5.74) is 2.00. The first-order chi connectivity index (χ1) is 12.6. The summed E-state index contributed by atoms with van der Waals surface area (Å²) in [4.78, 5) is 16.4. The standard InChI is InChI=1S/C17H13ClF3N3O3/c1-8-13-15(24-27-16(13)22-9(2)14(8)18)23-12(25)7-10-3-5-11(6-4-10)26-17(19,20)21/h3-6H,7H2,1-2H3,(H,23,24,25). The number of amides is 1. The maximum atomic E-state index is 12.2. The first-order valence-corrected chi connectivity index (χ1v) is 8.08. The predicted molar refractivity (Wildman–Crippen MR) is 91.7 cm³/mol. The van der Waals surface area contributed by atoms with Crippen LogP contribution in [-0.2, 0) is 11.2 Å². The van der Waals surface area contributed by atoms with Gasteiger partial charge in [0.05, 0.1) is 22.5 Å². The molecule has 3 rings (SSSR count). The van der Waals surface area contributed by atoms with Gasteiger partial charge in [-0.05, 0) is 37.1 Å². The van der Waals surface area contributed by atoms with E-state index in [1.807, 2.05) is 0 Å². The number of ether oxygens (including phenoxy) is 1. The zero-order valence-corrected chi connectivity index (χ0v) is 14.9. The molecule has 27 heavy (non-hydrogen) atoms. The summed E-state index contributed by atoms with van der Waals surface area (Å²) in [5, 5.41) is 7.34. The van der Waals surface area contributed by atoms with Gasteiger partial charge in [0.25, 0.3) is 5.71 Å². The molecule has 0 aliphatic rings. The van der Waals surface area contributed by atoms with Crippen LogP contribution in [0.2, 0.25) is 5.02 Å². The van der Waals surface area contributed by atoms with Gasteiger partial charge in [0.15, 0.2) is 5.82 Å². The van der Waals surface area contributed by atoms with E-state index in [0.717, 1.165) is 12.1 Å². The number of hydrogen-bond acceptors (Lipinski definition) is 5. The first kappa shape index (κ1) is 19.0. The molecule has 6 nitrogen and oxygen atoms in total. The Bertz CT molecular complexity index is 1000. The summed E-state index contributed by atoms with van der Waals surface area (Å²) in [6.45, 7) is 3.48. The van der Waals surface area contributed by atoms with Crippen molar-refractivity contribution in [2.75, 3.05) is 5.32 Å².